The Labute approximate surface area is 180 Å². The highest BCUT2D eigenvalue weighted by Crippen LogP contribution is 2.30. The first-order valence-electron chi connectivity index (χ1n) is 10.2. The molecule has 1 unspecified atom stereocenters. The van der Waals surface area contributed by atoms with Crippen molar-refractivity contribution in [1.82, 2.24) is 4.90 Å². The first-order chi connectivity index (χ1) is 15.1. The Morgan fingerprint density at radius 1 is 1.06 bits per heavy atom. The van der Waals surface area contributed by atoms with Gasteiger partial charge in [-0.05, 0) is 41.8 Å². The van der Waals surface area contributed by atoms with Gasteiger partial charge in [-0.2, -0.15) is 5.26 Å². The van der Waals surface area contributed by atoms with Crippen molar-refractivity contribution in [3.8, 4) is 17.6 Å². The fraction of sp³-hybridized carbons (Fsp3) is 0.240. The summed E-state index contributed by atoms with van der Waals surface area (Å²) >= 11 is 0. The normalized spacial score (nSPS) is 15.9. The second-order valence-electron chi connectivity index (χ2n) is 7.52. The van der Waals surface area contributed by atoms with Crippen molar-refractivity contribution in [2.75, 3.05) is 20.2 Å². The molecule has 0 saturated carbocycles. The number of piperidine rings is 1. The van der Waals surface area contributed by atoms with Crippen LogP contribution in [0, 0.1) is 17.2 Å². The number of benzene rings is 3. The van der Waals surface area contributed by atoms with Crippen LogP contribution in [-0.4, -0.2) is 37.0 Å². The second-order valence-corrected chi connectivity index (χ2v) is 7.52. The van der Waals surface area contributed by atoms with Crippen LogP contribution in [0.25, 0.3) is 10.8 Å². The molecule has 1 aliphatic rings. The Kier molecular flexibility index (Phi) is 5.85. The van der Waals surface area contributed by atoms with Crippen molar-refractivity contribution >= 4 is 22.6 Å². The number of esters is 1. The number of ether oxygens (including phenoxy) is 2. The van der Waals surface area contributed by atoms with Crippen LogP contribution in [0.1, 0.15) is 28.8 Å². The number of methoxy groups -OCH3 is 1. The molecule has 3 aromatic carbocycles. The van der Waals surface area contributed by atoms with Gasteiger partial charge >= 0.3 is 5.97 Å². The first kappa shape index (κ1) is 20.4. The van der Waals surface area contributed by atoms with Crippen molar-refractivity contribution < 1.29 is 19.1 Å². The minimum absolute atomic E-state index is 0.0785. The van der Waals surface area contributed by atoms with E-state index >= 15 is 0 Å². The molecule has 0 aromatic heterocycles. The molecule has 6 nitrogen and oxygen atoms in total. The number of nitrogens with zero attached hydrogens (tertiary/aromatic N) is 2. The van der Waals surface area contributed by atoms with Crippen LogP contribution < -0.4 is 9.47 Å². The molecule has 6 heteroatoms. The number of fused-ring (bicyclic) bond motifs is 1. The van der Waals surface area contributed by atoms with Gasteiger partial charge < -0.3 is 14.4 Å². The van der Waals surface area contributed by atoms with Gasteiger partial charge in [0.05, 0.1) is 24.7 Å². The number of hydrogen-bond acceptors (Lipinski definition) is 5. The number of amides is 1. The zero-order valence-corrected chi connectivity index (χ0v) is 17.2. The third-order valence-electron chi connectivity index (χ3n) is 5.57. The van der Waals surface area contributed by atoms with Gasteiger partial charge in [0.1, 0.15) is 0 Å². The van der Waals surface area contributed by atoms with Gasteiger partial charge in [-0.25, -0.2) is 0 Å². The van der Waals surface area contributed by atoms with Crippen LogP contribution in [0.15, 0.2) is 60.7 Å². The number of carbonyl (C=O) groups is 2. The van der Waals surface area contributed by atoms with Gasteiger partial charge in [0.2, 0.25) is 0 Å². The molecule has 0 bridgehead atoms. The predicted molar refractivity (Wildman–Crippen MR) is 116 cm³/mol. The lowest BCUT2D eigenvalue weighted by Crippen LogP contribution is -2.43. The first-order valence-corrected chi connectivity index (χ1v) is 10.2. The largest absolute Gasteiger partial charge is 0.493 e. The molecule has 31 heavy (non-hydrogen) atoms. The quantitative estimate of drug-likeness (QED) is 0.473. The van der Waals surface area contributed by atoms with Gasteiger partial charge in [-0.15, -0.1) is 0 Å². The summed E-state index contributed by atoms with van der Waals surface area (Å²) in [5, 5.41) is 10.9. The Morgan fingerprint density at radius 3 is 2.68 bits per heavy atom. The summed E-state index contributed by atoms with van der Waals surface area (Å²) in [6.07, 6.45) is 1.37. The molecule has 156 valence electrons. The average Bonchev–Trinajstić information content (AvgIpc) is 2.83. The molecule has 3 aromatic rings. The van der Waals surface area contributed by atoms with Crippen molar-refractivity contribution in [2.45, 2.75) is 12.8 Å². The Bertz CT molecular complexity index is 1180. The summed E-state index contributed by atoms with van der Waals surface area (Å²) in [6, 6.07) is 20.1. The number of carbonyl (C=O) groups excluding carboxylic acids is 2. The smallest absolute Gasteiger partial charge is 0.316 e. The van der Waals surface area contributed by atoms with Crippen molar-refractivity contribution in [1.29, 1.82) is 5.26 Å². The third kappa shape index (κ3) is 4.22. The van der Waals surface area contributed by atoms with Crippen molar-refractivity contribution in [2.24, 2.45) is 5.92 Å². The fourth-order valence-corrected chi connectivity index (χ4v) is 3.95. The summed E-state index contributed by atoms with van der Waals surface area (Å²) in [4.78, 5) is 27.8. The third-order valence-corrected chi connectivity index (χ3v) is 5.57. The molecule has 1 atom stereocenters. The molecule has 1 heterocycles. The highest BCUT2D eigenvalue weighted by Gasteiger charge is 2.31. The monoisotopic (exact) mass is 414 g/mol. The van der Waals surface area contributed by atoms with Crippen LogP contribution in [0.2, 0.25) is 0 Å². The van der Waals surface area contributed by atoms with E-state index in [0.29, 0.717) is 36.4 Å². The molecule has 0 N–H and O–H groups in total. The highest BCUT2D eigenvalue weighted by atomic mass is 16.6. The second kappa shape index (κ2) is 8.88. The van der Waals surface area contributed by atoms with E-state index in [1.54, 1.807) is 17.0 Å². The average molecular weight is 414 g/mol. The van der Waals surface area contributed by atoms with Crippen molar-refractivity contribution in [3.05, 3.63) is 71.8 Å². The molecule has 1 amide bonds. The Balaban J connectivity index is 1.50. The van der Waals surface area contributed by atoms with Crippen LogP contribution in [0.4, 0.5) is 0 Å². The number of likely N-dealkylation sites (tertiary alicyclic amines) is 1. The zero-order chi connectivity index (χ0) is 21.8. The maximum Gasteiger partial charge on any atom is 0.316 e. The van der Waals surface area contributed by atoms with Gasteiger partial charge in [-0.3, -0.25) is 9.59 Å². The highest BCUT2D eigenvalue weighted by molar-refractivity contribution is 6.07. The molecule has 0 aliphatic carbocycles. The van der Waals surface area contributed by atoms with Crippen molar-refractivity contribution in [3.63, 3.8) is 0 Å². The topological polar surface area (TPSA) is 79.6 Å². The minimum Gasteiger partial charge on any atom is -0.493 e. The molecular formula is C25H22N2O4. The lowest BCUT2D eigenvalue weighted by atomic mass is 9.96. The SMILES string of the molecule is COc1cc(C#N)ccc1OC(=O)C1CCCN(C(=O)c2cccc3ccccc23)C1. The lowest BCUT2D eigenvalue weighted by Gasteiger charge is -2.32. The van der Waals surface area contributed by atoms with E-state index in [2.05, 4.69) is 0 Å². The molecule has 1 saturated heterocycles. The van der Waals surface area contributed by atoms with E-state index in [4.69, 9.17) is 14.7 Å². The van der Waals surface area contributed by atoms with Gasteiger partial charge in [0.25, 0.3) is 5.91 Å². The number of hydrogen-bond donors (Lipinski definition) is 0. The summed E-state index contributed by atoms with van der Waals surface area (Å²) in [6.45, 7) is 0.908. The summed E-state index contributed by atoms with van der Waals surface area (Å²) in [7, 11) is 1.46. The van der Waals surface area contributed by atoms with Crippen LogP contribution >= 0.6 is 0 Å². The van der Waals surface area contributed by atoms with Gasteiger partial charge in [0, 0.05) is 24.7 Å². The lowest BCUT2D eigenvalue weighted by molar-refractivity contribution is -0.140. The molecule has 0 radical (unpaired) electrons. The van der Waals surface area contributed by atoms with Crippen LogP contribution in [-0.2, 0) is 4.79 Å². The van der Waals surface area contributed by atoms with Crippen LogP contribution in [0.5, 0.6) is 11.5 Å². The zero-order valence-electron chi connectivity index (χ0n) is 17.2. The minimum atomic E-state index is -0.423. The van der Waals surface area contributed by atoms with Crippen LogP contribution in [0.3, 0.4) is 0 Å². The van der Waals surface area contributed by atoms with Gasteiger partial charge in [0.15, 0.2) is 11.5 Å². The Hall–Kier alpha value is -3.85. The molecule has 0 spiro atoms. The van der Waals surface area contributed by atoms with Gasteiger partial charge in [-0.1, -0.05) is 36.4 Å². The number of nitriles is 1. The molecule has 4 rings (SSSR count). The standard InChI is InChI=1S/C25H22N2O4/c1-30-23-14-17(15-26)11-12-22(23)31-25(29)19-8-5-13-27(16-19)24(28)21-10-4-7-18-6-2-3-9-20(18)21/h2-4,6-7,9-12,14,19H,5,8,13,16H2,1H3. The predicted octanol–water partition coefficient (Wildman–Crippen LogP) is 4.18. The number of rotatable bonds is 4. The van der Waals surface area contributed by atoms with E-state index in [-0.39, 0.29) is 11.7 Å². The van der Waals surface area contributed by atoms with E-state index in [1.165, 1.54) is 13.2 Å². The van der Waals surface area contributed by atoms with E-state index in [9.17, 15) is 9.59 Å². The summed E-state index contributed by atoms with van der Waals surface area (Å²) in [5.41, 5.74) is 1.06. The van der Waals surface area contributed by atoms with E-state index < -0.39 is 11.9 Å². The molecule has 1 fully saturated rings. The van der Waals surface area contributed by atoms with E-state index in [0.717, 1.165) is 17.2 Å². The maximum atomic E-state index is 13.2. The fourth-order valence-electron chi connectivity index (χ4n) is 3.95. The Morgan fingerprint density at radius 2 is 1.87 bits per heavy atom. The molecular weight excluding hydrogens is 392 g/mol. The maximum absolute atomic E-state index is 13.2. The summed E-state index contributed by atoms with van der Waals surface area (Å²) < 4.78 is 10.8. The molecule has 1 aliphatic heterocycles. The van der Waals surface area contributed by atoms with E-state index in [1.807, 2.05) is 48.5 Å². The summed E-state index contributed by atoms with van der Waals surface area (Å²) in [5.74, 6) is -0.312.